The molecule has 4 aromatic rings. The van der Waals surface area contributed by atoms with Crippen molar-refractivity contribution in [2.75, 3.05) is 11.6 Å². The second kappa shape index (κ2) is 7.02. The fraction of sp³-hybridized carbons (Fsp3) is 0.100. The smallest absolute Gasteiger partial charge is 0.157 e. The molecule has 0 radical (unpaired) electrons. The second-order valence-electron chi connectivity index (χ2n) is 5.88. The summed E-state index contributed by atoms with van der Waals surface area (Å²) in [5.41, 5.74) is 4.68. The molecule has 26 heavy (non-hydrogen) atoms. The summed E-state index contributed by atoms with van der Waals surface area (Å²) in [5.74, 6) is 0.893. The molecule has 130 valence electrons. The highest BCUT2D eigenvalue weighted by Crippen LogP contribution is 2.33. The van der Waals surface area contributed by atoms with E-state index in [0.29, 0.717) is 0 Å². The third-order valence-corrected chi connectivity index (χ3v) is 5.47. The van der Waals surface area contributed by atoms with Gasteiger partial charge in [0, 0.05) is 33.6 Å². The molecule has 0 bridgehead atoms. The van der Waals surface area contributed by atoms with Gasteiger partial charge in [0.1, 0.15) is 11.5 Å². The number of nitrogens with zero attached hydrogens (tertiary/aromatic N) is 3. The van der Waals surface area contributed by atoms with Crippen LogP contribution in [0.5, 0.6) is 0 Å². The molecule has 0 amide bonds. The molecule has 0 fully saturated rings. The van der Waals surface area contributed by atoms with Crippen LogP contribution < -0.4 is 5.32 Å². The highest BCUT2D eigenvalue weighted by atomic mass is 35.5. The Kier molecular flexibility index (Phi) is 4.57. The Morgan fingerprint density at radius 2 is 1.92 bits per heavy atom. The van der Waals surface area contributed by atoms with Gasteiger partial charge in [-0.1, -0.05) is 29.8 Å². The fourth-order valence-corrected chi connectivity index (χ4v) is 3.43. The van der Waals surface area contributed by atoms with E-state index in [1.54, 1.807) is 24.2 Å². The Labute approximate surface area is 161 Å². The van der Waals surface area contributed by atoms with Gasteiger partial charge >= 0.3 is 0 Å². The van der Waals surface area contributed by atoms with Gasteiger partial charge in [-0.25, -0.2) is 4.98 Å². The number of thioether (sulfide) groups is 1. The summed E-state index contributed by atoms with van der Waals surface area (Å²) in [6.07, 6.45) is 7.49. The van der Waals surface area contributed by atoms with Gasteiger partial charge in [0.25, 0.3) is 0 Å². The van der Waals surface area contributed by atoms with Crippen LogP contribution in [0.2, 0.25) is 5.02 Å². The molecule has 4 rings (SSSR count). The average Bonchev–Trinajstić information content (AvgIpc) is 3.04. The molecule has 0 aliphatic heterocycles. The molecule has 0 aliphatic rings. The minimum Gasteiger partial charge on any atom is -0.339 e. The van der Waals surface area contributed by atoms with Crippen molar-refractivity contribution in [1.82, 2.24) is 14.4 Å². The van der Waals surface area contributed by atoms with Gasteiger partial charge in [-0.15, -0.1) is 11.8 Å². The first-order chi connectivity index (χ1) is 12.7. The summed E-state index contributed by atoms with van der Waals surface area (Å²) in [4.78, 5) is 10.2. The highest BCUT2D eigenvalue weighted by Gasteiger charge is 2.15. The van der Waals surface area contributed by atoms with Crippen molar-refractivity contribution in [1.29, 1.82) is 0 Å². The van der Waals surface area contributed by atoms with E-state index in [2.05, 4.69) is 40.8 Å². The van der Waals surface area contributed by atoms with Gasteiger partial charge in [0.15, 0.2) is 5.65 Å². The van der Waals surface area contributed by atoms with E-state index in [-0.39, 0.29) is 0 Å². The van der Waals surface area contributed by atoms with Crippen LogP contribution in [0, 0.1) is 6.92 Å². The van der Waals surface area contributed by atoms with Crippen LogP contribution in [0.15, 0.2) is 66.0 Å². The summed E-state index contributed by atoms with van der Waals surface area (Å²) in [5, 5.41) is 4.25. The third kappa shape index (κ3) is 3.04. The number of hydrogen-bond donors (Lipinski definition) is 1. The Bertz CT molecular complexity index is 1070. The molecule has 2 heterocycles. The molecule has 0 unspecified atom stereocenters. The molecule has 0 atom stereocenters. The molecular weight excluding hydrogens is 364 g/mol. The van der Waals surface area contributed by atoms with E-state index < -0.39 is 0 Å². The first-order valence-corrected chi connectivity index (χ1v) is 9.76. The molecule has 0 saturated heterocycles. The van der Waals surface area contributed by atoms with Crippen LogP contribution in [0.25, 0.3) is 16.9 Å². The van der Waals surface area contributed by atoms with Crippen molar-refractivity contribution in [2.24, 2.45) is 0 Å². The number of benzene rings is 2. The zero-order valence-electron chi connectivity index (χ0n) is 14.4. The normalized spacial score (nSPS) is 11.0. The molecule has 1 N–H and O–H groups in total. The Morgan fingerprint density at radius 1 is 1.12 bits per heavy atom. The number of anilines is 2. The maximum absolute atomic E-state index is 6.29. The van der Waals surface area contributed by atoms with Crippen molar-refractivity contribution in [3.63, 3.8) is 0 Å². The minimum atomic E-state index is 0.733. The molecule has 6 heteroatoms. The number of rotatable bonds is 4. The van der Waals surface area contributed by atoms with Gasteiger partial charge in [0.2, 0.25) is 0 Å². The monoisotopic (exact) mass is 380 g/mol. The first-order valence-electron chi connectivity index (χ1n) is 8.16. The van der Waals surface area contributed by atoms with Crippen molar-refractivity contribution < 1.29 is 0 Å². The molecule has 2 aromatic carbocycles. The molecule has 4 nitrogen and oxygen atoms in total. The predicted octanol–water partition coefficient (Wildman–Crippen LogP) is 5.82. The quantitative estimate of drug-likeness (QED) is 0.453. The Hall–Kier alpha value is -2.50. The summed E-state index contributed by atoms with van der Waals surface area (Å²) in [6.45, 7) is 2.00. The van der Waals surface area contributed by atoms with Crippen LogP contribution in [-0.2, 0) is 0 Å². The standard InChI is InChI=1S/C20H17ClN4S/c1-13-16(21)4-3-5-17(13)23-20-19(14-6-8-15(26-2)9-7-14)24-18-12-22-10-11-25(18)20/h3-12,23H,1-2H3. The fourth-order valence-electron chi connectivity index (χ4n) is 2.85. The maximum atomic E-state index is 6.29. The molecule has 0 aliphatic carbocycles. The van der Waals surface area contributed by atoms with E-state index in [0.717, 1.165) is 39.0 Å². The van der Waals surface area contributed by atoms with Crippen molar-refractivity contribution >= 4 is 40.5 Å². The lowest BCUT2D eigenvalue weighted by Crippen LogP contribution is -1.99. The van der Waals surface area contributed by atoms with Crippen LogP contribution in [-0.4, -0.2) is 20.6 Å². The van der Waals surface area contributed by atoms with Gasteiger partial charge in [-0.2, -0.15) is 0 Å². The van der Waals surface area contributed by atoms with Gasteiger partial charge in [0.05, 0.1) is 6.20 Å². The largest absolute Gasteiger partial charge is 0.339 e. The van der Waals surface area contributed by atoms with E-state index in [9.17, 15) is 0 Å². The van der Waals surface area contributed by atoms with Crippen molar-refractivity contribution in [2.45, 2.75) is 11.8 Å². The van der Waals surface area contributed by atoms with E-state index in [1.807, 2.05) is 35.7 Å². The number of aromatic nitrogens is 3. The number of fused-ring (bicyclic) bond motifs is 1. The maximum Gasteiger partial charge on any atom is 0.157 e. The van der Waals surface area contributed by atoms with Crippen molar-refractivity contribution in [3.8, 4) is 11.3 Å². The Balaban J connectivity index is 1.87. The predicted molar refractivity (Wildman–Crippen MR) is 110 cm³/mol. The summed E-state index contributed by atoms with van der Waals surface area (Å²) in [7, 11) is 0. The van der Waals surface area contributed by atoms with Gasteiger partial charge < -0.3 is 5.32 Å². The summed E-state index contributed by atoms with van der Waals surface area (Å²) >= 11 is 8.01. The lowest BCUT2D eigenvalue weighted by molar-refractivity contribution is 1.13. The van der Waals surface area contributed by atoms with E-state index >= 15 is 0 Å². The first kappa shape index (κ1) is 16.9. The summed E-state index contributed by atoms with van der Waals surface area (Å²) in [6, 6.07) is 14.3. The number of imidazole rings is 1. The molecule has 2 aromatic heterocycles. The number of halogens is 1. The number of hydrogen-bond acceptors (Lipinski definition) is 4. The SMILES string of the molecule is CSc1ccc(-c2nc3cnccn3c2Nc2cccc(Cl)c2C)cc1. The van der Waals surface area contributed by atoms with Crippen LogP contribution in [0.1, 0.15) is 5.56 Å². The summed E-state index contributed by atoms with van der Waals surface area (Å²) < 4.78 is 2.01. The van der Waals surface area contributed by atoms with Crippen LogP contribution in [0.4, 0.5) is 11.5 Å². The molecule has 0 spiro atoms. The van der Waals surface area contributed by atoms with Crippen LogP contribution in [0.3, 0.4) is 0 Å². The van der Waals surface area contributed by atoms with E-state index in [4.69, 9.17) is 16.6 Å². The topological polar surface area (TPSA) is 42.2 Å². The van der Waals surface area contributed by atoms with Gasteiger partial charge in [-0.05, 0) is 43.0 Å². The lowest BCUT2D eigenvalue weighted by Gasteiger charge is -2.12. The average molecular weight is 381 g/mol. The van der Waals surface area contributed by atoms with Crippen molar-refractivity contribution in [3.05, 3.63) is 71.6 Å². The Morgan fingerprint density at radius 3 is 2.69 bits per heavy atom. The van der Waals surface area contributed by atoms with Gasteiger partial charge in [-0.3, -0.25) is 9.38 Å². The molecular formula is C20H17ClN4S. The zero-order valence-corrected chi connectivity index (χ0v) is 16.0. The number of nitrogens with one attached hydrogen (secondary N) is 1. The second-order valence-corrected chi connectivity index (χ2v) is 7.17. The molecule has 0 saturated carbocycles. The minimum absolute atomic E-state index is 0.733. The lowest BCUT2D eigenvalue weighted by atomic mass is 10.1. The van der Waals surface area contributed by atoms with E-state index in [1.165, 1.54) is 4.90 Å². The zero-order chi connectivity index (χ0) is 18.1. The van der Waals surface area contributed by atoms with Crippen LogP contribution >= 0.6 is 23.4 Å². The third-order valence-electron chi connectivity index (χ3n) is 4.31. The highest BCUT2D eigenvalue weighted by molar-refractivity contribution is 7.98.